The molecule has 1 heterocycles. The molecular weight excluding hydrogens is 164 g/mol. The van der Waals surface area contributed by atoms with Gasteiger partial charge in [0.25, 0.3) is 0 Å². The van der Waals surface area contributed by atoms with E-state index in [-0.39, 0.29) is 6.84 Å². The van der Waals surface area contributed by atoms with E-state index in [1.165, 1.54) is 18.5 Å². The first-order chi connectivity index (χ1) is 6.23. The van der Waals surface area contributed by atoms with Gasteiger partial charge in [-0.25, -0.2) is 0 Å². The van der Waals surface area contributed by atoms with E-state index in [1.54, 1.807) is 0 Å². The molecule has 0 spiro atoms. The number of aromatic nitrogens is 2. The lowest BCUT2D eigenvalue weighted by Crippen LogP contribution is -2.18. The van der Waals surface area contributed by atoms with Crippen LogP contribution in [0.1, 0.15) is 33.8 Å². The summed E-state index contributed by atoms with van der Waals surface area (Å²) in [7, 11) is 0. The van der Waals surface area contributed by atoms with Crippen LogP contribution >= 0.6 is 0 Å². The highest BCUT2D eigenvalue weighted by molar-refractivity contribution is 5.23. The number of nitrogens with zero attached hydrogens (tertiary/aromatic N) is 1. The fourth-order valence-electron chi connectivity index (χ4n) is 1.52. The second kappa shape index (κ2) is 3.14. The predicted molar refractivity (Wildman–Crippen MR) is 52.7 cm³/mol. The third kappa shape index (κ3) is 1.75. The van der Waals surface area contributed by atoms with E-state index >= 15 is 0 Å². The minimum Gasteiger partial charge on any atom is -0.378 e. The maximum atomic E-state index is 5.65. The SMILES string of the molecule is CC(C)OCC1(c2ccn[nH]2)CC1.[HH]. The van der Waals surface area contributed by atoms with Crippen LogP contribution in [-0.4, -0.2) is 22.9 Å². The normalized spacial score (nSPS) is 19.3. The molecule has 0 unspecified atom stereocenters. The Morgan fingerprint density at radius 2 is 2.46 bits per heavy atom. The molecule has 0 atom stereocenters. The van der Waals surface area contributed by atoms with Crippen LogP contribution in [0.4, 0.5) is 0 Å². The quantitative estimate of drug-likeness (QED) is 0.774. The molecule has 0 bridgehead atoms. The highest BCUT2D eigenvalue weighted by Gasteiger charge is 2.45. The number of rotatable bonds is 4. The molecule has 0 radical (unpaired) electrons. The summed E-state index contributed by atoms with van der Waals surface area (Å²) in [6.45, 7) is 4.97. The first-order valence-electron chi connectivity index (χ1n) is 4.84. The number of nitrogens with one attached hydrogen (secondary N) is 1. The van der Waals surface area contributed by atoms with Gasteiger partial charge in [-0.05, 0) is 32.8 Å². The summed E-state index contributed by atoms with van der Waals surface area (Å²) in [5, 5.41) is 7.01. The first kappa shape index (κ1) is 8.75. The van der Waals surface area contributed by atoms with Gasteiger partial charge in [-0.1, -0.05) is 0 Å². The Balaban J connectivity index is 0.000000980. The smallest absolute Gasteiger partial charge is 0.0581 e. The molecule has 1 N–H and O–H groups in total. The van der Waals surface area contributed by atoms with Gasteiger partial charge in [0.15, 0.2) is 0 Å². The van der Waals surface area contributed by atoms with Gasteiger partial charge < -0.3 is 4.74 Å². The van der Waals surface area contributed by atoms with E-state index < -0.39 is 0 Å². The van der Waals surface area contributed by atoms with Crippen LogP contribution in [-0.2, 0) is 10.2 Å². The summed E-state index contributed by atoms with van der Waals surface area (Å²) in [4.78, 5) is 0. The van der Waals surface area contributed by atoms with Gasteiger partial charge in [0.05, 0.1) is 12.7 Å². The molecule has 74 valence electrons. The van der Waals surface area contributed by atoms with Crippen molar-refractivity contribution < 1.29 is 6.16 Å². The van der Waals surface area contributed by atoms with Crippen molar-refractivity contribution in [3.8, 4) is 0 Å². The number of ether oxygens (including phenoxy) is 1. The molecular formula is C10H18N2O. The summed E-state index contributed by atoms with van der Waals surface area (Å²) in [6.07, 6.45) is 4.58. The van der Waals surface area contributed by atoms with Crippen LogP contribution in [0.2, 0.25) is 0 Å². The van der Waals surface area contributed by atoms with E-state index in [2.05, 4.69) is 30.1 Å². The molecule has 1 aromatic rings. The second-order valence-electron chi connectivity index (χ2n) is 4.11. The lowest BCUT2D eigenvalue weighted by molar-refractivity contribution is 0.0611. The highest BCUT2D eigenvalue weighted by atomic mass is 16.5. The standard InChI is InChI=1S/C10H16N2O.H2/c1-8(2)13-7-10(4-5-10)9-3-6-11-12-9;/h3,6,8H,4-5,7H2,1-2H3,(H,11,12);1H. The minimum atomic E-state index is 0. The molecule has 3 heteroatoms. The van der Waals surface area contributed by atoms with Gasteiger partial charge in [-0.2, -0.15) is 5.10 Å². The van der Waals surface area contributed by atoms with Crippen molar-refractivity contribution in [2.75, 3.05) is 6.61 Å². The highest BCUT2D eigenvalue weighted by Crippen LogP contribution is 2.47. The number of hydrogen-bond donors (Lipinski definition) is 1. The van der Waals surface area contributed by atoms with E-state index in [0.29, 0.717) is 6.10 Å². The van der Waals surface area contributed by atoms with Crippen molar-refractivity contribution in [3.05, 3.63) is 18.0 Å². The fourth-order valence-corrected chi connectivity index (χ4v) is 1.52. The topological polar surface area (TPSA) is 37.9 Å². The predicted octanol–water partition coefficient (Wildman–Crippen LogP) is 2.11. The molecule has 0 aliphatic heterocycles. The Morgan fingerprint density at radius 3 is 2.92 bits per heavy atom. The van der Waals surface area contributed by atoms with Crippen LogP contribution in [0.25, 0.3) is 0 Å². The van der Waals surface area contributed by atoms with Gasteiger partial charge in [0.2, 0.25) is 0 Å². The molecule has 1 aromatic heterocycles. The number of hydrogen-bond acceptors (Lipinski definition) is 2. The molecule has 3 nitrogen and oxygen atoms in total. The zero-order chi connectivity index (χ0) is 9.31. The molecule has 1 fully saturated rings. The first-order valence-corrected chi connectivity index (χ1v) is 4.84. The summed E-state index contributed by atoms with van der Waals surface area (Å²) in [6, 6.07) is 2.05. The Hall–Kier alpha value is -0.830. The zero-order valence-electron chi connectivity index (χ0n) is 8.21. The summed E-state index contributed by atoms with van der Waals surface area (Å²) in [5.74, 6) is 0. The van der Waals surface area contributed by atoms with Gasteiger partial charge in [-0.15, -0.1) is 0 Å². The molecule has 13 heavy (non-hydrogen) atoms. The molecule has 1 saturated carbocycles. The van der Waals surface area contributed by atoms with Crippen molar-refractivity contribution in [2.24, 2.45) is 0 Å². The molecule has 2 rings (SSSR count). The van der Waals surface area contributed by atoms with Crippen molar-refractivity contribution >= 4 is 0 Å². The molecule has 0 saturated heterocycles. The summed E-state index contributed by atoms with van der Waals surface area (Å²) < 4.78 is 5.65. The number of aromatic amines is 1. The van der Waals surface area contributed by atoms with Crippen molar-refractivity contribution in [2.45, 2.75) is 38.2 Å². The van der Waals surface area contributed by atoms with Gasteiger partial charge in [0.1, 0.15) is 0 Å². The number of H-pyrrole nitrogens is 1. The van der Waals surface area contributed by atoms with Crippen LogP contribution < -0.4 is 0 Å². The molecule has 0 amide bonds. The van der Waals surface area contributed by atoms with Crippen LogP contribution in [0.15, 0.2) is 12.3 Å². The molecule has 1 aliphatic carbocycles. The lowest BCUT2D eigenvalue weighted by atomic mass is 10.0. The Morgan fingerprint density at radius 1 is 1.69 bits per heavy atom. The summed E-state index contributed by atoms with van der Waals surface area (Å²) >= 11 is 0. The van der Waals surface area contributed by atoms with E-state index in [9.17, 15) is 0 Å². The monoisotopic (exact) mass is 182 g/mol. The largest absolute Gasteiger partial charge is 0.378 e. The van der Waals surface area contributed by atoms with E-state index in [1.807, 2.05) is 6.20 Å². The minimum absolute atomic E-state index is 0. The maximum absolute atomic E-state index is 5.65. The average Bonchev–Trinajstić information content (AvgIpc) is 2.68. The van der Waals surface area contributed by atoms with Crippen LogP contribution in [0.3, 0.4) is 0 Å². The lowest BCUT2D eigenvalue weighted by Gasteiger charge is -2.15. The Kier molecular flexibility index (Phi) is 2.12. The molecule has 1 aliphatic rings. The van der Waals surface area contributed by atoms with Crippen molar-refractivity contribution in [3.63, 3.8) is 0 Å². The third-order valence-electron chi connectivity index (χ3n) is 2.62. The van der Waals surface area contributed by atoms with Gasteiger partial charge in [-0.3, -0.25) is 5.10 Å². The van der Waals surface area contributed by atoms with Gasteiger partial charge in [0, 0.05) is 18.7 Å². The third-order valence-corrected chi connectivity index (χ3v) is 2.62. The van der Waals surface area contributed by atoms with Gasteiger partial charge >= 0.3 is 0 Å². The van der Waals surface area contributed by atoms with Crippen molar-refractivity contribution in [1.29, 1.82) is 0 Å². The Labute approximate surface area is 80.0 Å². The van der Waals surface area contributed by atoms with Crippen molar-refractivity contribution in [1.82, 2.24) is 10.2 Å². The fraction of sp³-hybridized carbons (Fsp3) is 0.700. The summed E-state index contributed by atoms with van der Waals surface area (Å²) in [5.41, 5.74) is 1.49. The maximum Gasteiger partial charge on any atom is 0.0581 e. The zero-order valence-corrected chi connectivity index (χ0v) is 8.21. The van der Waals surface area contributed by atoms with Crippen LogP contribution in [0, 0.1) is 0 Å². The van der Waals surface area contributed by atoms with E-state index in [4.69, 9.17) is 4.74 Å². The Bertz CT molecular complexity index is 268. The second-order valence-corrected chi connectivity index (χ2v) is 4.11. The average molecular weight is 182 g/mol. The van der Waals surface area contributed by atoms with E-state index in [0.717, 1.165) is 6.61 Å². The molecule has 0 aromatic carbocycles. The van der Waals surface area contributed by atoms with Crippen LogP contribution in [0.5, 0.6) is 0 Å².